The van der Waals surface area contributed by atoms with Gasteiger partial charge in [-0.15, -0.1) is 12.4 Å². The summed E-state index contributed by atoms with van der Waals surface area (Å²) >= 11 is 0. The second-order valence-corrected chi connectivity index (χ2v) is 6.18. The van der Waals surface area contributed by atoms with Gasteiger partial charge in [0.25, 0.3) is 0 Å². The third kappa shape index (κ3) is 4.30. The Bertz CT molecular complexity index is 252. The number of piperidine rings is 1. The van der Waals surface area contributed by atoms with Crippen molar-refractivity contribution in [1.82, 2.24) is 20.4 Å². The van der Waals surface area contributed by atoms with E-state index in [0.717, 1.165) is 12.0 Å². The van der Waals surface area contributed by atoms with Gasteiger partial charge in [-0.2, -0.15) is 0 Å². The van der Waals surface area contributed by atoms with Crippen LogP contribution in [0.3, 0.4) is 0 Å². The van der Waals surface area contributed by atoms with E-state index in [1.807, 2.05) is 0 Å². The van der Waals surface area contributed by atoms with Gasteiger partial charge in [0.2, 0.25) is 0 Å². The van der Waals surface area contributed by atoms with Crippen molar-refractivity contribution >= 4 is 12.4 Å². The average molecular weight is 289 g/mol. The Kier molecular flexibility index (Phi) is 6.36. The van der Waals surface area contributed by atoms with E-state index in [9.17, 15) is 0 Å². The molecule has 0 aromatic heterocycles. The molecule has 1 atom stereocenters. The highest BCUT2D eigenvalue weighted by Crippen LogP contribution is 2.20. The molecular weight excluding hydrogens is 260 g/mol. The fraction of sp³-hybridized carbons (Fsp3) is 1.00. The molecule has 3 saturated heterocycles. The third-order valence-corrected chi connectivity index (χ3v) is 4.89. The van der Waals surface area contributed by atoms with Crippen molar-refractivity contribution < 1.29 is 0 Å². The summed E-state index contributed by atoms with van der Waals surface area (Å²) in [6, 6.07) is 0.841. The lowest BCUT2D eigenvalue weighted by Crippen LogP contribution is -2.49. The van der Waals surface area contributed by atoms with Crippen molar-refractivity contribution in [1.29, 1.82) is 0 Å². The van der Waals surface area contributed by atoms with Gasteiger partial charge >= 0.3 is 0 Å². The third-order valence-electron chi connectivity index (χ3n) is 4.89. The van der Waals surface area contributed by atoms with E-state index in [4.69, 9.17) is 0 Å². The smallest absolute Gasteiger partial charge is 0.0236 e. The number of likely N-dealkylation sites (tertiary alicyclic amines) is 1. The van der Waals surface area contributed by atoms with Crippen molar-refractivity contribution in [2.24, 2.45) is 5.92 Å². The largest absolute Gasteiger partial charge is 0.317 e. The number of halogens is 1. The number of hydrogen-bond acceptors (Lipinski definition) is 4. The number of hydrogen-bond donors (Lipinski definition) is 2. The topological polar surface area (TPSA) is 30.5 Å². The van der Waals surface area contributed by atoms with Crippen molar-refractivity contribution in [3.63, 3.8) is 0 Å². The first-order chi connectivity index (χ1) is 8.92. The van der Waals surface area contributed by atoms with E-state index in [0.29, 0.717) is 0 Å². The molecule has 0 aromatic carbocycles. The normalized spacial score (nSPS) is 31.3. The summed E-state index contributed by atoms with van der Waals surface area (Å²) in [4.78, 5) is 5.43. The van der Waals surface area contributed by atoms with E-state index in [-0.39, 0.29) is 12.4 Å². The number of nitrogens with one attached hydrogen (secondary N) is 2. The van der Waals surface area contributed by atoms with Gasteiger partial charge in [0.1, 0.15) is 0 Å². The Labute approximate surface area is 123 Å². The Balaban J connectivity index is 0.00000133. The van der Waals surface area contributed by atoms with Crippen LogP contribution in [0.4, 0.5) is 0 Å². The molecule has 0 aromatic rings. The minimum atomic E-state index is 0. The predicted octanol–water partition coefficient (Wildman–Crippen LogP) is 0.387. The molecule has 3 rings (SSSR count). The van der Waals surface area contributed by atoms with Crippen molar-refractivity contribution in [3.8, 4) is 0 Å². The maximum atomic E-state index is 3.47. The lowest BCUT2D eigenvalue weighted by Gasteiger charge is -2.33. The SMILES string of the molecule is C1CC(CN2CCC(N3CCNCC3)C2)CCN1.Cl. The van der Waals surface area contributed by atoms with E-state index in [1.54, 1.807) is 0 Å². The first-order valence-corrected chi connectivity index (χ1v) is 7.79. The minimum Gasteiger partial charge on any atom is -0.317 e. The second kappa shape index (κ2) is 7.79. The highest BCUT2D eigenvalue weighted by atomic mass is 35.5. The summed E-state index contributed by atoms with van der Waals surface area (Å²) < 4.78 is 0. The maximum Gasteiger partial charge on any atom is 0.0236 e. The van der Waals surface area contributed by atoms with Crippen LogP contribution in [0.15, 0.2) is 0 Å². The molecule has 0 spiro atoms. The van der Waals surface area contributed by atoms with Gasteiger partial charge in [-0.05, 0) is 44.8 Å². The van der Waals surface area contributed by atoms with Gasteiger partial charge in [0.15, 0.2) is 0 Å². The zero-order valence-corrected chi connectivity index (χ0v) is 12.8. The average Bonchev–Trinajstić information content (AvgIpc) is 2.89. The molecule has 5 heteroatoms. The van der Waals surface area contributed by atoms with Crippen LogP contribution in [-0.2, 0) is 0 Å². The van der Waals surface area contributed by atoms with Crippen LogP contribution in [0.2, 0.25) is 0 Å². The van der Waals surface area contributed by atoms with E-state index in [2.05, 4.69) is 20.4 Å². The molecule has 112 valence electrons. The van der Waals surface area contributed by atoms with E-state index in [1.165, 1.54) is 78.2 Å². The molecule has 4 nitrogen and oxygen atoms in total. The highest BCUT2D eigenvalue weighted by molar-refractivity contribution is 5.85. The fourth-order valence-corrected chi connectivity index (χ4v) is 3.75. The molecular formula is C14H29ClN4. The minimum absolute atomic E-state index is 0. The molecule has 0 bridgehead atoms. The molecule has 3 aliphatic heterocycles. The summed E-state index contributed by atoms with van der Waals surface area (Å²) in [6.45, 7) is 11.4. The van der Waals surface area contributed by atoms with Crippen LogP contribution in [0, 0.1) is 5.92 Å². The second-order valence-electron chi connectivity index (χ2n) is 6.18. The van der Waals surface area contributed by atoms with Gasteiger partial charge in [-0.1, -0.05) is 0 Å². The molecule has 0 aliphatic carbocycles. The fourth-order valence-electron chi connectivity index (χ4n) is 3.75. The van der Waals surface area contributed by atoms with Gasteiger partial charge in [-0.3, -0.25) is 4.90 Å². The van der Waals surface area contributed by atoms with Crippen LogP contribution >= 0.6 is 12.4 Å². The zero-order chi connectivity index (χ0) is 12.2. The van der Waals surface area contributed by atoms with Crippen LogP contribution in [0.1, 0.15) is 19.3 Å². The molecule has 2 N–H and O–H groups in total. The van der Waals surface area contributed by atoms with Crippen molar-refractivity contribution in [2.75, 3.05) is 58.9 Å². The molecule has 1 unspecified atom stereocenters. The van der Waals surface area contributed by atoms with Gasteiger partial charge in [-0.25, -0.2) is 0 Å². The highest BCUT2D eigenvalue weighted by Gasteiger charge is 2.29. The molecule has 3 fully saturated rings. The summed E-state index contributed by atoms with van der Waals surface area (Å²) in [5.74, 6) is 0.952. The Morgan fingerprint density at radius 1 is 0.842 bits per heavy atom. The van der Waals surface area contributed by atoms with Crippen LogP contribution in [-0.4, -0.2) is 74.7 Å². The zero-order valence-electron chi connectivity index (χ0n) is 11.9. The quantitative estimate of drug-likeness (QED) is 0.787. The van der Waals surface area contributed by atoms with Crippen LogP contribution < -0.4 is 10.6 Å². The molecule has 0 amide bonds. The lowest BCUT2D eigenvalue weighted by molar-refractivity contribution is 0.164. The number of nitrogens with zero attached hydrogens (tertiary/aromatic N) is 2. The monoisotopic (exact) mass is 288 g/mol. The lowest BCUT2D eigenvalue weighted by atomic mass is 9.98. The summed E-state index contributed by atoms with van der Waals surface area (Å²) in [5.41, 5.74) is 0. The van der Waals surface area contributed by atoms with Gasteiger partial charge in [0.05, 0.1) is 0 Å². The number of piperazine rings is 1. The Morgan fingerprint density at radius 3 is 2.26 bits per heavy atom. The summed E-state index contributed by atoms with van der Waals surface area (Å²) in [7, 11) is 0. The van der Waals surface area contributed by atoms with Crippen LogP contribution in [0.25, 0.3) is 0 Å². The first kappa shape index (κ1) is 15.5. The standard InChI is InChI=1S/C14H28N4.ClH/c1-4-15-5-2-13(1)11-17-8-3-14(12-17)18-9-6-16-7-10-18;/h13-16H,1-12H2;1H. The van der Waals surface area contributed by atoms with Gasteiger partial charge < -0.3 is 15.5 Å². The van der Waals surface area contributed by atoms with Crippen molar-refractivity contribution in [3.05, 3.63) is 0 Å². The van der Waals surface area contributed by atoms with Crippen LogP contribution in [0.5, 0.6) is 0 Å². The summed E-state index contributed by atoms with van der Waals surface area (Å²) in [6.07, 6.45) is 4.16. The molecule has 3 heterocycles. The van der Waals surface area contributed by atoms with Crippen molar-refractivity contribution in [2.45, 2.75) is 25.3 Å². The summed E-state index contributed by atoms with van der Waals surface area (Å²) in [5, 5.41) is 6.92. The maximum absolute atomic E-state index is 3.47. The molecule has 0 radical (unpaired) electrons. The van der Waals surface area contributed by atoms with E-state index >= 15 is 0 Å². The Morgan fingerprint density at radius 2 is 1.53 bits per heavy atom. The molecule has 19 heavy (non-hydrogen) atoms. The molecule has 0 saturated carbocycles. The number of rotatable bonds is 3. The molecule has 3 aliphatic rings. The van der Waals surface area contributed by atoms with Gasteiger partial charge in [0, 0.05) is 45.3 Å². The first-order valence-electron chi connectivity index (χ1n) is 7.79. The Hall–Kier alpha value is 0.130. The predicted molar refractivity (Wildman–Crippen MR) is 82.1 cm³/mol. The van der Waals surface area contributed by atoms with E-state index < -0.39 is 0 Å².